The van der Waals surface area contributed by atoms with Gasteiger partial charge in [0.1, 0.15) is 0 Å². The van der Waals surface area contributed by atoms with Crippen LogP contribution in [0.15, 0.2) is 18.2 Å². The zero-order valence-electron chi connectivity index (χ0n) is 9.59. The van der Waals surface area contributed by atoms with Crippen molar-refractivity contribution in [3.63, 3.8) is 0 Å². The van der Waals surface area contributed by atoms with Crippen molar-refractivity contribution in [2.45, 2.75) is 13.0 Å². The Morgan fingerprint density at radius 3 is 2.53 bits per heavy atom. The minimum absolute atomic E-state index is 0.0721. The van der Waals surface area contributed by atoms with Gasteiger partial charge in [-0.25, -0.2) is 0 Å². The fourth-order valence-corrected chi connectivity index (χ4v) is 1.91. The van der Waals surface area contributed by atoms with Gasteiger partial charge in [0.2, 0.25) is 0 Å². The molecule has 3 nitrogen and oxygen atoms in total. The maximum atomic E-state index is 8.51. The summed E-state index contributed by atoms with van der Waals surface area (Å²) in [4.78, 5) is 0. The minimum Gasteiger partial charge on any atom is -0.394 e. The van der Waals surface area contributed by atoms with E-state index in [4.69, 9.17) is 33.0 Å². The van der Waals surface area contributed by atoms with Crippen molar-refractivity contribution < 1.29 is 9.84 Å². The summed E-state index contributed by atoms with van der Waals surface area (Å²) in [5.41, 5.74) is 0.923. The lowest BCUT2D eigenvalue weighted by molar-refractivity contribution is 0.0907. The van der Waals surface area contributed by atoms with Crippen molar-refractivity contribution in [2.24, 2.45) is 0 Å². The molecule has 0 amide bonds. The van der Waals surface area contributed by atoms with Gasteiger partial charge in [0.25, 0.3) is 0 Å². The number of benzene rings is 1. The molecule has 96 valence electrons. The Morgan fingerprint density at radius 1 is 1.18 bits per heavy atom. The van der Waals surface area contributed by atoms with Gasteiger partial charge < -0.3 is 15.2 Å². The van der Waals surface area contributed by atoms with Crippen LogP contribution in [0.2, 0.25) is 10.0 Å². The average molecular weight is 278 g/mol. The van der Waals surface area contributed by atoms with Gasteiger partial charge in [-0.15, -0.1) is 0 Å². The lowest BCUT2D eigenvalue weighted by atomic mass is 10.2. The van der Waals surface area contributed by atoms with Crippen LogP contribution in [-0.2, 0) is 11.3 Å². The van der Waals surface area contributed by atoms with E-state index in [0.717, 1.165) is 18.5 Å². The van der Waals surface area contributed by atoms with Gasteiger partial charge in [-0.2, -0.15) is 0 Å². The Morgan fingerprint density at radius 2 is 1.88 bits per heavy atom. The van der Waals surface area contributed by atoms with Crippen molar-refractivity contribution in [3.05, 3.63) is 33.8 Å². The van der Waals surface area contributed by atoms with Crippen molar-refractivity contribution in [2.75, 3.05) is 26.4 Å². The first-order chi connectivity index (χ1) is 8.25. The molecule has 17 heavy (non-hydrogen) atoms. The van der Waals surface area contributed by atoms with Gasteiger partial charge >= 0.3 is 0 Å². The zero-order valence-corrected chi connectivity index (χ0v) is 11.1. The number of hydrogen-bond donors (Lipinski definition) is 2. The monoisotopic (exact) mass is 277 g/mol. The number of nitrogens with one attached hydrogen (secondary N) is 1. The second kappa shape index (κ2) is 8.72. The van der Waals surface area contributed by atoms with Crippen LogP contribution in [0, 0.1) is 0 Å². The molecule has 0 aromatic heterocycles. The third-order valence-corrected chi connectivity index (χ3v) is 2.95. The molecule has 0 aliphatic rings. The maximum Gasteiger partial charge on any atom is 0.0697 e. The molecular weight excluding hydrogens is 261 g/mol. The maximum absolute atomic E-state index is 8.51. The Hall–Kier alpha value is -0.320. The van der Waals surface area contributed by atoms with Crippen LogP contribution in [0.4, 0.5) is 0 Å². The molecular formula is C12H17Cl2NO2. The van der Waals surface area contributed by atoms with Gasteiger partial charge in [0, 0.05) is 28.8 Å². The number of aliphatic hydroxyl groups is 1. The first-order valence-electron chi connectivity index (χ1n) is 5.58. The lowest BCUT2D eigenvalue weighted by Crippen LogP contribution is -2.17. The van der Waals surface area contributed by atoms with Gasteiger partial charge in [-0.1, -0.05) is 29.3 Å². The molecule has 5 heteroatoms. The second-order valence-electron chi connectivity index (χ2n) is 3.57. The first-order valence-corrected chi connectivity index (χ1v) is 6.33. The molecule has 1 aromatic carbocycles. The van der Waals surface area contributed by atoms with E-state index >= 15 is 0 Å². The van der Waals surface area contributed by atoms with Crippen LogP contribution >= 0.6 is 23.2 Å². The number of aliphatic hydroxyl groups excluding tert-OH is 1. The molecule has 0 fully saturated rings. The van der Waals surface area contributed by atoms with E-state index in [1.54, 1.807) is 0 Å². The molecule has 1 rings (SSSR count). The molecule has 1 aromatic rings. The van der Waals surface area contributed by atoms with Crippen LogP contribution in [0.3, 0.4) is 0 Å². The summed E-state index contributed by atoms with van der Waals surface area (Å²) in [6.45, 7) is 2.59. The highest BCUT2D eigenvalue weighted by Crippen LogP contribution is 2.23. The smallest absolute Gasteiger partial charge is 0.0697 e. The van der Waals surface area contributed by atoms with Crippen LogP contribution in [0.25, 0.3) is 0 Å². The summed E-state index contributed by atoms with van der Waals surface area (Å²) >= 11 is 12.1. The summed E-state index contributed by atoms with van der Waals surface area (Å²) in [6, 6.07) is 5.49. The highest BCUT2D eigenvalue weighted by atomic mass is 35.5. The molecule has 0 unspecified atom stereocenters. The van der Waals surface area contributed by atoms with E-state index in [2.05, 4.69) is 5.32 Å². The van der Waals surface area contributed by atoms with Crippen molar-refractivity contribution in [1.29, 1.82) is 0 Å². The molecule has 0 bridgehead atoms. The predicted molar refractivity (Wildman–Crippen MR) is 70.7 cm³/mol. The molecule has 2 N–H and O–H groups in total. The third kappa shape index (κ3) is 5.70. The van der Waals surface area contributed by atoms with E-state index in [-0.39, 0.29) is 6.61 Å². The van der Waals surface area contributed by atoms with Crippen molar-refractivity contribution in [3.8, 4) is 0 Å². The fraction of sp³-hybridized carbons (Fsp3) is 0.500. The molecule has 0 radical (unpaired) electrons. The highest BCUT2D eigenvalue weighted by molar-refractivity contribution is 6.35. The van der Waals surface area contributed by atoms with Gasteiger partial charge in [-0.05, 0) is 25.1 Å². The van der Waals surface area contributed by atoms with E-state index in [1.807, 2.05) is 18.2 Å². The largest absolute Gasteiger partial charge is 0.394 e. The Bertz CT molecular complexity index is 314. The number of ether oxygens (including phenoxy) is 1. The van der Waals surface area contributed by atoms with E-state index in [9.17, 15) is 0 Å². The predicted octanol–water partition coefficient (Wildman–Crippen LogP) is 2.48. The number of halogens is 2. The minimum atomic E-state index is 0.0721. The van der Waals surface area contributed by atoms with Crippen LogP contribution in [0.1, 0.15) is 12.0 Å². The first kappa shape index (κ1) is 14.7. The normalized spacial score (nSPS) is 10.8. The van der Waals surface area contributed by atoms with Crippen LogP contribution in [-0.4, -0.2) is 31.5 Å². The third-order valence-electron chi connectivity index (χ3n) is 2.24. The lowest BCUT2D eigenvalue weighted by Gasteiger charge is -2.08. The van der Waals surface area contributed by atoms with Crippen molar-refractivity contribution in [1.82, 2.24) is 5.32 Å². The topological polar surface area (TPSA) is 41.5 Å². The molecule has 0 aliphatic carbocycles. The fourth-order valence-electron chi connectivity index (χ4n) is 1.38. The van der Waals surface area contributed by atoms with Gasteiger partial charge in [0.05, 0.1) is 13.2 Å². The zero-order chi connectivity index (χ0) is 12.5. The number of rotatable bonds is 8. The second-order valence-corrected chi connectivity index (χ2v) is 4.38. The Balaban J connectivity index is 2.18. The SMILES string of the molecule is OCCOCCCNCc1c(Cl)cccc1Cl. The molecule has 0 spiro atoms. The summed E-state index contributed by atoms with van der Waals surface area (Å²) < 4.78 is 5.14. The van der Waals surface area contributed by atoms with Crippen molar-refractivity contribution >= 4 is 23.2 Å². The summed E-state index contributed by atoms with van der Waals surface area (Å²) in [7, 11) is 0. The molecule has 0 heterocycles. The highest BCUT2D eigenvalue weighted by Gasteiger charge is 2.03. The standard InChI is InChI=1S/C12H17Cl2NO2/c13-11-3-1-4-12(14)10(11)9-15-5-2-7-17-8-6-16/h1,3-4,15-16H,2,5-9H2. The van der Waals surface area contributed by atoms with E-state index in [0.29, 0.717) is 29.8 Å². The Kier molecular flexibility index (Phi) is 7.56. The van der Waals surface area contributed by atoms with E-state index < -0.39 is 0 Å². The molecule has 0 saturated heterocycles. The summed E-state index contributed by atoms with van der Waals surface area (Å²) in [5, 5.41) is 13.1. The van der Waals surface area contributed by atoms with E-state index in [1.165, 1.54) is 0 Å². The van der Waals surface area contributed by atoms with Gasteiger partial charge in [-0.3, -0.25) is 0 Å². The number of hydrogen-bond acceptors (Lipinski definition) is 3. The summed E-state index contributed by atoms with van der Waals surface area (Å²) in [6.07, 6.45) is 0.891. The molecule has 0 aliphatic heterocycles. The Labute approximate surface area is 112 Å². The van der Waals surface area contributed by atoms with Crippen LogP contribution < -0.4 is 5.32 Å². The summed E-state index contributed by atoms with van der Waals surface area (Å²) in [5.74, 6) is 0. The molecule has 0 saturated carbocycles. The molecule has 0 atom stereocenters. The van der Waals surface area contributed by atoms with Gasteiger partial charge in [0.15, 0.2) is 0 Å². The quantitative estimate of drug-likeness (QED) is 0.718. The average Bonchev–Trinajstić information content (AvgIpc) is 2.31. The van der Waals surface area contributed by atoms with Crippen LogP contribution in [0.5, 0.6) is 0 Å².